The molecule has 1 unspecified atom stereocenters. The Morgan fingerprint density at radius 2 is 2.00 bits per heavy atom. The predicted octanol–water partition coefficient (Wildman–Crippen LogP) is 3.74. The number of anilines is 2. The van der Waals surface area contributed by atoms with Crippen LogP contribution in [0.4, 0.5) is 24.9 Å². The highest BCUT2D eigenvalue weighted by atomic mass is 32.2. The van der Waals surface area contributed by atoms with Crippen molar-refractivity contribution in [1.82, 2.24) is 19.3 Å². The number of nitrogens with zero attached hydrogens (tertiary/aromatic N) is 4. The van der Waals surface area contributed by atoms with Crippen molar-refractivity contribution in [3.8, 4) is 0 Å². The van der Waals surface area contributed by atoms with Gasteiger partial charge in [0.1, 0.15) is 11.7 Å². The van der Waals surface area contributed by atoms with Gasteiger partial charge < -0.3 is 10.6 Å². The van der Waals surface area contributed by atoms with Crippen molar-refractivity contribution < 1.29 is 21.6 Å². The van der Waals surface area contributed by atoms with Crippen LogP contribution in [0.15, 0.2) is 12.3 Å². The van der Waals surface area contributed by atoms with Gasteiger partial charge in [-0.25, -0.2) is 40.8 Å². The van der Waals surface area contributed by atoms with Crippen molar-refractivity contribution in [2.45, 2.75) is 63.7 Å². The van der Waals surface area contributed by atoms with Crippen molar-refractivity contribution in [3.63, 3.8) is 0 Å². The first kappa shape index (κ1) is 23.9. The average Bonchev–Trinajstić information content (AvgIpc) is 3.06. The highest BCUT2D eigenvalue weighted by Gasteiger charge is 2.44. The van der Waals surface area contributed by atoms with Gasteiger partial charge in [0, 0.05) is 37.1 Å². The Labute approximate surface area is 191 Å². The van der Waals surface area contributed by atoms with Crippen LogP contribution >= 0.6 is 0 Å². The summed E-state index contributed by atoms with van der Waals surface area (Å²) in [6.45, 7) is 4.05. The lowest BCUT2D eigenvalue weighted by Gasteiger charge is -2.35. The first-order valence-electron chi connectivity index (χ1n) is 11.1. The molecule has 0 aromatic carbocycles. The maximum atomic E-state index is 14.2. The summed E-state index contributed by atoms with van der Waals surface area (Å²) in [4.78, 5) is 13.1. The predicted molar refractivity (Wildman–Crippen MR) is 121 cm³/mol. The number of rotatable bonds is 6. The molecule has 2 aromatic rings. The monoisotopic (exact) mass is 486 g/mol. The number of sulfonamides is 1. The summed E-state index contributed by atoms with van der Waals surface area (Å²) in [6.07, 6.45) is 2.40. The Morgan fingerprint density at radius 3 is 2.61 bits per heavy atom. The zero-order chi connectivity index (χ0) is 24.0. The van der Waals surface area contributed by atoms with E-state index in [-0.39, 0.29) is 42.3 Å². The maximum absolute atomic E-state index is 14.2. The van der Waals surface area contributed by atoms with Crippen molar-refractivity contribution in [2.24, 2.45) is 5.92 Å². The molecule has 1 saturated carbocycles. The summed E-state index contributed by atoms with van der Waals surface area (Å²) < 4.78 is 67.6. The summed E-state index contributed by atoms with van der Waals surface area (Å²) in [7, 11) is -3.26. The van der Waals surface area contributed by atoms with Crippen molar-refractivity contribution in [3.05, 3.63) is 18.0 Å². The van der Waals surface area contributed by atoms with Crippen LogP contribution in [-0.2, 0) is 10.0 Å². The summed E-state index contributed by atoms with van der Waals surface area (Å²) >= 11 is 0. The van der Waals surface area contributed by atoms with Gasteiger partial charge >= 0.3 is 0 Å². The molecule has 4 atom stereocenters. The van der Waals surface area contributed by atoms with E-state index in [4.69, 9.17) is 0 Å². The lowest BCUT2D eigenvalue weighted by molar-refractivity contribution is -0.000659. The molecule has 1 aliphatic heterocycles. The summed E-state index contributed by atoms with van der Waals surface area (Å²) in [6, 6.07) is 0.369. The van der Waals surface area contributed by atoms with Gasteiger partial charge in [0.05, 0.1) is 18.0 Å². The van der Waals surface area contributed by atoms with E-state index in [1.54, 1.807) is 0 Å². The molecule has 2 N–H and O–H groups in total. The van der Waals surface area contributed by atoms with E-state index in [0.29, 0.717) is 36.8 Å². The maximum Gasteiger partial charge on any atom is 0.267 e. The molecule has 1 aliphatic carbocycles. The highest BCUT2D eigenvalue weighted by Crippen LogP contribution is 2.38. The minimum atomic E-state index is -3.26. The largest absolute Gasteiger partial charge is 0.359 e. The zero-order valence-corrected chi connectivity index (χ0v) is 19.7. The molecule has 33 heavy (non-hydrogen) atoms. The van der Waals surface area contributed by atoms with E-state index in [1.165, 1.54) is 29.7 Å². The molecule has 1 saturated heterocycles. The molecule has 0 spiro atoms. The van der Waals surface area contributed by atoms with E-state index < -0.39 is 28.2 Å². The SMILES string of the molecule is CC(F)c1cc2cnc(N[C@H]3CCN(S(C)(=O)=O)C[C@H]3C)nc2c(N[C@@H]2CCCC2(F)F)n1. The number of hydrogen-bond donors (Lipinski definition) is 2. The second-order valence-corrected chi connectivity index (χ2v) is 11.1. The molecule has 12 heteroatoms. The molecular weight excluding hydrogens is 457 g/mol. The molecule has 8 nitrogen and oxygen atoms in total. The molecule has 182 valence electrons. The van der Waals surface area contributed by atoms with Crippen molar-refractivity contribution in [1.29, 1.82) is 0 Å². The number of halogens is 3. The minimum absolute atomic E-state index is 0.00966. The van der Waals surface area contributed by atoms with Crippen molar-refractivity contribution >= 4 is 32.7 Å². The zero-order valence-electron chi connectivity index (χ0n) is 18.9. The van der Waals surface area contributed by atoms with Gasteiger partial charge in [0.2, 0.25) is 16.0 Å². The second-order valence-electron chi connectivity index (χ2n) is 9.13. The molecule has 2 fully saturated rings. The molecule has 0 radical (unpaired) electrons. The molecule has 0 amide bonds. The van der Waals surface area contributed by atoms with Crippen LogP contribution < -0.4 is 10.6 Å². The highest BCUT2D eigenvalue weighted by molar-refractivity contribution is 7.88. The van der Waals surface area contributed by atoms with Crippen LogP contribution in [0, 0.1) is 5.92 Å². The Balaban J connectivity index is 1.61. The molecular formula is C21H29F3N6O2S. The van der Waals surface area contributed by atoms with E-state index in [9.17, 15) is 21.6 Å². The lowest BCUT2D eigenvalue weighted by Crippen LogP contribution is -2.47. The van der Waals surface area contributed by atoms with Gasteiger partial charge in [0.25, 0.3) is 5.92 Å². The van der Waals surface area contributed by atoms with E-state index >= 15 is 0 Å². The van der Waals surface area contributed by atoms with Crippen LogP contribution in [0.2, 0.25) is 0 Å². The Hall–Kier alpha value is -2.21. The third-order valence-electron chi connectivity index (χ3n) is 6.47. The van der Waals surface area contributed by atoms with Crippen LogP contribution in [-0.4, -0.2) is 65.0 Å². The van der Waals surface area contributed by atoms with Crippen molar-refractivity contribution in [2.75, 3.05) is 30.0 Å². The number of nitrogens with one attached hydrogen (secondary N) is 2. The number of fused-ring (bicyclic) bond motifs is 1. The van der Waals surface area contributed by atoms with Crippen LogP contribution in [0.1, 0.15) is 51.4 Å². The van der Waals surface area contributed by atoms with E-state index in [2.05, 4.69) is 25.6 Å². The Bertz CT molecular complexity index is 1130. The van der Waals surface area contributed by atoms with Crippen LogP contribution in [0.3, 0.4) is 0 Å². The fourth-order valence-electron chi connectivity index (χ4n) is 4.49. The van der Waals surface area contributed by atoms with Gasteiger partial charge in [-0.3, -0.25) is 0 Å². The number of aromatic nitrogens is 3. The first-order valence-corrected chi connectivity index (χ1v) is 13.0. The number of pyridine rings is 1. The minimum Gasteiger partial charge on any atom is -0.359 e. The fraction of sp³-hybridized carbons (Fsp3) is 0.667. The topological polar surface area (TPSA) is 100 Å². The van der Waals surface area contributed by atoms with E-state index in [1.807, 2.05) is 6.92 Å². The average molecular weight is 487 g/mol. The lowest BCUT2D eigenvalue weighted by atomic mass is 9.95. The molecule has 4 rings (SSSR count). The number of hydrogen-bond acceptors (Lipinski definition) is 7. The summed E-state index contributed by atoms with van der Waals surface area (Å²) in [5, 5.41) is 6.56. The Morgan fingerprint density at radius 1 is 1.24 bits per heavy atom. The smallest absolute Gasteiger partial charge is 0.267 e. The fourth-order valence-corrected chi connectivity index (χ4v) is 5.44. The standard InChI is InChI=1S/C21H29F3N6O2S/c1-12-11-30(33(3,31)32)8-6-15(12)27-20-25-10-14-9-16(13(2)22)26-19(18(14)29-20)28-17-5-4-7-21(17,23)24/h9-10,12-13,15,17H,4-8,11H2,1-3H3,(H,26,28)(H,25,27,29)/t12-,13?,15+,17-/m1/s1. The van der Waals surface area contributed by atoms with Gasteiger partial charge in [-0.15, -0.1) is 0 Å². The number of piperidine rings is 1. The van der Waals surface area contributed by atoms with Gasteiger partial charge in [-0.05, 0) is 38.2 Å². The third kappa shape index (κ3) is 5.16. The van der Waals surface area contributed by atoms with Crippen LogP contribution in [0.25, 0.3) is 10.9 Å². The molecule has 3 heterocycles. The van der Waals surface area contributed by atoms with Crippen LogP contribution in [0.5, 0.6) is 0 Å². The van der Waals surface area contributed by atoms with Gasteiger partial charge in [-0.2, -0.15) is 0 Å². The summed E-state index contributed by atoms with van der Waals surface area (Å²) in [5.41, 5.74) is 0.457. The Kier molecular flexibility index (Phi) is 6.43. The third-order valence-corrected chi connectivity index (χ3v) is 7.74. The normalized spacial score (nSPS) is 26.9. The number of alkyl halides is 3. The molecule has 2 aromatic heterocycles. The quantitative estimate of drug-likeness (QED) is 0.642. The van der Waals surface area contributed by atoms with E-state index in [0.717, 1.165) is 0 Å². The molecule has 2 aliphatic rings. The second kappa shape index (κ2) is 8.86. The molecule has 0 bridgehead atoms. The first-order chi connectivity index (χ1) is 15.4. The van der Waals surface area contributed by atoms with Gasteiger partial charge in [-0.1, -0.05) is 6.92 Å². The summed E-state index contributed by atoms with van der Waals surface area (Å²) in [5.74, 6) is -2.46. The van der Waals surface area contributed by atoms with Gasteiger partial charge in [0.15, 0.2) is 5.82 Å².